The lowest BCUT2D eigenvalue weighted by Crippen LogP contribution is -2.30. The number of aromatic nitrogens is 1. The minimum Gasteiger partial charge on any atom is -0.372 e. The summed E-state index contributed by atoms with van der Waals surface area (Å²) in [6, 6.07) is 21.6. The summed E-state index contributed by atoms with van der Waals surface area (Å²) in [4.78, 5) is 21.3. The van der Waals surface area contributed by atoms with Crippen molar-refractivity contribution in [1.29, 1.82) is 0 Å². The van der Waals surface area contributed by atoms with Crippen molar-refractivity contribution in [2.24, 2.45) is 0 Å². The van der Waals surface area contributed by atoms with Crippen molar-refractivity contribution < 1.29 is 4.79 Å². The molecule has 0 fully saturated rings. The number of hydrogen-bond acceptors (Lipinski definition) is 4. The average molecular weight is 389 g/mol. The van der Waals surface area contributed by atoms with E-state index in [2.05, 4.69) is 41.2 Å². The Balaban J connectivity index is 1.69. The predicted molar refractivity (Wildman–Crippen MR) is 121 cm³/mol. The van der Waals surface area contributed by atoms with Gasteiger partial charge < -0.3 is 15.1 Å². The Morgan fingerprint density at radius 2 is 1.52 bits per heavy atom. The maximum atomic E-state index is 12.9. The molecule has 29 heavy (non-hydrogen) atoms. The number of para-hydroxylation sites is 1. The summed E-state index contributed by atoms with van der Waals surface area (Å²) in [5.41, 5.74) is 3.62. The molecule has 0 bridgehead atoms. The molecule has 3 aromatic rings. The van der Waals surface area contributed by atoms with E-state index < -0.39 is 0 Å². The molecule has 0 spiro atoms. The van der Waals surface area contributed by atoms with Gasteiger partial charge in [0.25, 0.3) is 5.91 Å². The third kappa shape index (κ3) is 4.93. The van der Waals surface area contributed by atoms with E-state index in [1.165, 1.54) is 5.69 Å². The van der Waals surface area contributed by atoms with E-state index in [9.17, 15) is 4.79 Å². The lowest BCUT2D eigenvalue weighted by atomic mass is 10.2. The molecule has 1 amide bonds. The van der Waals surface area contributed by atoms with Crippen molar-refractivity contribution in [3.05, 3.63) is 78.5 Å². The van der Waals surface area contributed by atoms with Crippen LogP contribution in [0.2, 0.25) is 0 Å². The number of rotatable bonds is 8. The molecule has 0 aliphatic carbocycles. The molecular formula is C24H28N4O. The molecule has 0 atom stereocenters. The zero-order valence-corrected chi connectivity index (χ0v) is 17.3. The molecule has 5 heteroatoms. The predicted octanol–water partition coefficient (Wildman–Crippen LogP) is 5.34. The van der Waals surface area contributed by atoms with Gasteiger partial charge in [0.1, 0.15) is 5.82 Å². The van der Waals surface area contributed by atoms with Gasteiger partial charge in [0.15, 0.2) is 0 Å². The first-order valence-electron chi connectivity index (χ1n) is 10.1. The van der Waals surface area contributed by atoms with Crippen LogP contribution in [0.5, 0.6) is 0 Å². The van der Waals surface area contributed by atoms with E-state index in [1.807, 2.05) is 61.5 Å². The Bertz CT molecular complexity index is 904. The number of nitrogens with zero attached hydrogens (tertiary/aromatic N) is 3. The maximum Gasteiger partial charge on any atom is 0.259 e. The maximum absolute atomic E-state index is 12.9. The van der Waals surface area contributed by atoms with E-state index in [0.29, 0.717) is 17.9 Å². The molecular weight excluding hydrogens is 360 g/mol. The molecule has 150 valence electrons. The van der Waals surface area contributed by atoms with Crippen molar-refractivity contribution >= 4 is 28.8 Å². The van der Waals surface area contributed by atoms with Gasteiger partial charge in [-0.25, -0.2) is 4.98 Å². The highest BCUT2D eigenvalue weighted by Gasteiger charge is 2.16. The van der Waals surface area contributed by atoms with E-state index in [1.54, 1.807) is 11.1 Å². The molecule has 1 N–H and O–H groups in total. The molecule has 0 saturated carbocycles. The molecule has 0 radical (unpaired) electrons. The Morgan fingerprint density at radius 1 is 0.828 bits per heavy atom. The first-order valence-corrected chi connectivity index (χ1v) is 10.1. The standard InChI is InChI=1S/C24H28N4O/c1-4-27(5-2)21-15-13-20(14-16-21)26-23-17-12-19(18-25-23)24(29)28(6-3)22-10-8-7-9-11-22/h7-18H,4-6H2,1-3H3,(H,25,26). The van der Waals surface area contributed by atoms with Crippen molar-refractivity contribution in [1.82, 2.24) is 4.98 Å². The summed E-state index contributed by atoms with van der Waals surface area (Å²) in [7, 11) is 0. The number of pyridine rings is 1. The third-order valence-electron chi connectivity index (χ3n) is 4.91. The van der Waals surface area contributed by atoms with Crippen LogP contribution in [0, 0.1) is 0 Å². The van der Waals surface area contributed by atoms with Crippen LogP contribution < -0.4 is 15.1 Å². The second kappa shape index (κ2) is 9.73. The van der Waals surface area contributed by atoms with Crippen LogP contribution in [0.3, 0.4) is 0 Å². The molecule has 1 aromatic heterocycles. The number of benzene rings is 2. The summed E-state index contributed by atoms with van der Waals surface area (Å²) in [5, 5.41) is 3.29. The first-order chi connectivity index (χ1) is 14.2. The smallest absolute Gasteiger partial charge is 0.259 e. The fourth-order valence-corrected chi connectivity index (χ4v) is 3.29. The lowest BCUT2D eigenvalue weighted by Gasteiger charge is -2.21. The molecule has 3 rings (SSSR count). The van der Waals surface area contributed by atoms with Gasteiger partial charge >= 0.3 is 0 Å². The summed E-state index contributed by atoms with van der Waals surface area (Å²) < 4.78 is 0. The van der Waals surface area contributed by atoms with Gasteiger partial charge in [0.05, 0.1) is 5.56 Å². The van der Waals surface area contributed by atoms with Crippen LogP contribution in [0.4, 0.5) is 22.9 Å². The highest BCUT2D eigenvalue weighted by molar-refractivity contribution is 6.05. The molecule has 2 aromatic carbocycles. The topological polar surface area (TPSA) is 48.5 Å². The average Bonchev–Trinajstić information content (AvgIpc) is 2.77. The normalized spacial score (nSPS) is 10.4. The van der Waals surface area contributed by atoms with Gasteiger partial charge in [0, 0.05) is 42.9 Å². The minimum atomic E-state index is -0.0543. The fourth-order valence-electron chi connectivity index (χ4n) is 3.29. The van der Waals surface area contributed by atoms with Crippen molar-refractivity contribution in [2.45, 2.75) is 20.8 Å². The molecule has 1 heterocycles. The highest BCUT2D eigenvalue weighted by Crippen LogP contribution is 2.21. The van der Waals surface area contributed by atoms with Crippen molar-refractivity contribution in [3.63, 3.8) is 0 Å². The number of amides is 1. The van der Waals surface area contributed by atoms with E-state index in [-0.39, 0.29) is 5.91 Å². The van der Waals surface area contributed by atoms with E-state index in [4.69, 9.17) is 0 Å². The zero-order chi connectivity index (χ0) is 20.6. The minimum absolute atomic E-state index is 0.0543. The van der Waals surface area contributed by atoms with Crippen LogP contribution in [-0.2, 0) is 0 Å². The molecule has 0 aliphatic heterocycles. The Labute approximate surface area is 173 Å². The fraction of sp³-hybridized carbons (Fsp3) is 0.250. The van der Waals surface area contributed by atoms with E-state index in [0.717, 1.165) is 24.5 Å². The van der Waals surface area contributed by atoms with Crippen LogP contribution in [0.1, 0.15) is 31.1 Å². The number of anilines is 4. The summed E-state index contributed by atoms with van der Waals surface area (Å²) in [6.45, 7) is 8.84. The monoisotopic (exact) mass is 388 g/mol. The second-order valence-electron chi connectivity index (χ2n) is 6.66. The van der Waals surface area contributed by atoms with Crippen molar-refractivity contribution in [3.8, 4) is 0 Å². The summed E-state index contributed by atoms with van der Waals surface area (Å²) >= 11 is 0. The van der Waals surface area contributed by atoms with E-state index >= 15 is 0 Å². The molecule has 5 nitrogen and oxygen atoms in total. The zero-order valence-electron chi connectivity index (χ0n) is 17.3. The van der Waals surface area contributed by atoms with Gasteiger partial charge in [-0.2, -0.15) is 0 Å². The van der Waals surface area contributed by atoms with Gasteiger partial charge in [-0.05, 0) is 69.3 Å². The van der Waals surface area contributed by atoms with Gasteiger partial charge in [0.2, 0.25) is 0 Å². The molecule has 0 unspecified atom stereocenters. The Morgan fingerprint density at radius 3 is 2.07 bits per heavy atom. The van der Waals surface area contributed by atoms with Gasteiger partial charge in [-0.3, -0.25) is 4.79 Å². The van der Waals surface area contributed by atoms with Crippen LogP contribution in [0.25, 0.3) is 0 Å². The van der Waals surface area contributed by atoms with Gasteiger partial charge in [-0.1, -0.05) is 18.2 Å². The second-order valence-corrected chi connectivity index (χ2v) is 6.66. The number of hydrogen-bond donors (Lipinski definition) is 1. The van der Waals surface area contributed by atoms with Crippen LogP contribution >= 0.6 is 0 Å². The highest BCUT2D eigenvalue weighted by atomic mass is 16.2. The quantitative estimate of drug-likeness (QED) is 0.566. The number of nitrogens with one attached hydrogen (secondary N) is 1. The third-order valence-corrected chi connectivity index (χ3v) is 4.91. The van der Waals surface area contributed by atoms with Gasteiger partial charge in [-0.15, -0.1) is 0 Å². The number of carbonyl (C=O) groups excluding carboxylic acids is 1. The first kappa shape index (κ1) is 20.4. The molecule has 0 aliphatic rings. The van der Waals surface area contributed by atoms with Crippen molar-refractivity contribution in [2.75, 3.05) is 34.8 Å². The number of carbonyl (C=O) groups is 1. The lowest BCUT2D eigenvalue weighted by molar-refractivity contribution is 0.0988. The van der Waals surface area contributed by atoms with Crippen LogP contribution in [0.15, 0.2) is 72.9 Å². The summed E-state index contributed by atoms with van der Waals surface area (Å²) in [5.74, 6) is 0.654. The molecule has 0 saturated heterocycles. The Hall–Kier alpha value is -3.34. The largest absolute Gasteiger partial charge is 0.372 e. The van der Waals surface area contributed by atoms with Crippen LogP contribution in [-0.4, -0.2) is 30.5 Å². The Kier molecular flexibility index (Phi) is 6.85. The SMILES string of the molecule is CCN(CC)c1ccc(Nc2ccc(C(=O)N(CC)c3ccccc3)cn2)cc1. The summed E-state index contributed by atoms with van der Waals surface area (Å²) in [6.07, 6.45) is 1.63.